The van der Waals surface area contributed by atoms with E-state index in [0.717, 1.165) is 11.1 Å². The van der Waals surface area contributed by atoms with E-state index in [9.17, 15) is 5.11 Å². The summed E-state index contributed by atoms with van der Waals surface area (Å²) in [5.41, 5.74) is 7.36. The van der Waals surface area contributed by atoms with Gasteiger partial charge in [-0.1, -0.05) is 24.3 Å². The van der Waals surface area contributed by atoms with Gasteiger partial charge in [0.25, 0.3) is 0 Å². The number of benzene rings is 1. The first-order valence-electron chi connectivity index (χ1n) is 4.34. The standard InChI is InChI=1S/C11H15NO/c1-3-5-9-6-4-7-10(8(2)12)11(9)13/h3-4,6-8,13H,1,5,12H2,2H3/t8-/m1/s1. The Labute approximate surface area is 78.7 Å². The number of rotatable bonds is 3. The van der Waals surface area contributed by atoms with E-state index < -0.39 is 0 Å². The lowest BCUT2D eigenvalue weighted by Gasteiger charge is -2.10. The summed E-state index contributed by atoms with van der Waals surface area (Å²) in [4.78, 5) is 0. The summed E-state index contributed by atoms with van der Waals surface area (Å²) in [6.07, 6.45) is 2.44. The van der Waals surface area contributed by atoms with Gasteiger partial charge in [-0.25, -0.2) is 0 Å². The highest BCUT2D eigenvalue weighted by Crippen LogP contribution is 2.26. The van der Waals surface area contributed by atoms with Gasteiger partial charge in [0.2, 0.25) is 0 Å². The number of allylic oxidation sites excluding steroid dienone is 1. The lowest BCUT2D eigenvalue weighted by molar-refractivity contribution is 0.458. The highest BCUT2D eigenvalue weighted by atomic mass is 16.3. The normalized spacial score (nSPS) is 12.5. The molecule has 0 aliphatic carbocycles. The zero-order valence-corrected chi connectivity index (χ0v) is 7.83. The Balaban J connectivity index is 3.10. The molecule has 0 aliphatic rings. The fourth-order valence-electron chi connectivity index (χ4n) is 1.30. The van der Waals surface area contributed by atoms with Gasteiger partial charge in [-0.2, -0.15) is 0 Å². The van der Waals surface area contributed by atoms with E-state index in [1.54, 1.807) is 6.08 Å². The van der Waals surface area contributed by atoms with E-state index in [2.05, 4.69) is 6.58 Å². The summed E-state index contributed by atoms with van der Waals surface area (Å²) in [5.74, 6) is 0.303. The van der Waals surface area contributed by atoms with Crippen molar-refractivity contribution in [2.24, 2.45) is 5.73 Å². The summed E-state index contributed by atoms with van der Waals surface area (Å²) in [6.45, 7) is 5.48. The third-order valence-electron chi connectivity index (χ3n) is 2.01. The maximum absolute atomic E-state index is 9.76. The second kappa shape index (κ2) is 4.10. The molecule has 0 amide bonds. The van der Waals surface area contributed by atoms with Gasteiger partial charge in [-0.3, -0.25) is 0 Å². The van der Waals surface area contributed by atoms with Gasteiger partial charge in [0.05, 0.1) is 0 Å². The van der Waals surface area contributed by atoms with Crippen LogP contribution >= 0.6 is 0 Å². The van der Waals surface area contributed by atoms with Crippen LogP contribution in [0.3, 0.4) is 0 Å². The molecule has 1 atom stereocenters. The van der Waals surface area contributed by atoms with Crippen LogP contribution in [-0.4, -0.2) is 5.11 Å². The van der Waals surface area contributed by atoms with Crippen LogP contribution < -0.4 is 5.73 Å². The van der Waals surface area contributed by atoms with Crippen LogP contribution in [0.4, 0.5) is 0 Å². The maximum atomic E-state index is 9.76. The van der Waals surface area contributed by atoms with Gasteiger partial charge >= 0.3 is 0 Å². The number of para-hydroxylation sites is 1. The van der Waals surface area contributed by atoms with Crippen LogP contribution in [0.15, 0.2) is 30.9 Å². The Morgan fingerprint density at radius 3 is 2.85 bits per heavy atom. The molecule has 3 N–H and O–H groups in total. The molecule has 2 nitrogen and oxygen atoms in total. The van der Waals surface area contributed by atoms with Crippen molar-refractivity contribution in [2.75, 3.05) is 0 Å². The van der Waals surface area contributed by atoms with E-state index >= 15 is 0 Å². The minimum Gasteiger partial charge on any atom is -0.507 e. The molecule has 70 valence electrons. The Morgan fingerprint density at radius 1 is 1.62 bits per heavy atom. The van der Waals surface area contributed by atoms with Crippen molar-refractivity contribution >= 4 is 0 Å². The smallest absolute Gasteiger partial charge is 0.123 e. The first kappa shape index (κ1) is 9.81. The molecule has 0 bridgehead atoms. The number of phenolic OH excluding ortho intramolecular Hbond substituents is 1. The van der Waals surface area contributed by atoms with Crippen molar-refractivity contribution in [3.05, 3.63) is 42.0 Å². The molecule has 13 heavy (non-hydrogen) atoms. The molecule has 0 unspecified atom stereocenters. The van der Waals surface area contributed by atoms with Gasteiger partial charge in [-0.05, 0) is 18.9 Å². The van der Waals surface area contributed by atoms with Crippen LogP contribution in [0, 0.1) is 0 Å². The Hall–Kier alpha value is -1.28. The van der Waals surface area contributed by atoms with Crippen LogP contribution in [0.5, 0.6) is 5.75 Å². The zero-order chi connectivity index (χ0) is 9.84. The first-order valence-corrected chi connectivity index (χ1v) is 4.34. The molecular weight excluding hydrogens is 162 g/mol. The minimum absolute atomic E-state index is 0.134. The summed E-state index contributed by atoms with van der Waals surface area (Å²) in [7, 11) is 0. The number of hydrogen-bond acceptors (Lipinski definition) is 2. The predicted molar refractivity (Wildman–Crippen MR) is 54.6 cm³/mol. The van der Waals surface area contributed by atoms with Crippen molar-refractivity contribution < 1.29 is 5.11 Å². The third-order valence-corrected chi connectivity index (χ3v) is 2.01. The Morgan fingerprint density at radius 2 is 2.31 bits per heavy atom. The molecule has 2 heteroatoms. The fraction of sp³-hybridized carbons (Fsp3) is 0.273. The summed E-state index contributed by atoms with van der Waals surface area (Å²) < 4.78 is 0. The molecule has 0 spiro atoms. The molecule has 1 rings (SSSR count). The Bertz CT molecular complexity index is 305. The number of nitrogens with two attached hydrogens (primary N) is 1. The van der Waals surface area contributed by atoms with Gasteiger partial charge in [0.1, 0.15) is 5.75 Å². The van der Waals surface area contributed by atoms with Gasteiger partial charge in [0.15, 0.2) is 0 Å². The van der Waals surface area contributed by atoms with Crippen LogP contribution in [0.2, 0.25) is 0 Å². The lowest BCUT2D eigenvalue weighted by atomic mass is 10.0. The predicted octanol–water partition coefficient (Wildman–Crippen LogP) is 2.14. The summed E-state index contributed by atoms with van der Waals surface area (Å²) in [6, 6.07) is 5.48. The molecule has 0 fully saturated rings. The average molecular weight is 177 g/mol. The maximum Gasteiger partial charge on any atom is 0.123 e. The lowest BCUT2D eigenvalue weighted by Crippen LogP contribution is -2.05. The van der Waals surface area contributed by atoms with Gasteiger partial charge in [0, 0.05) is 11.6 Å². The van der Waals surface area contributed by atoms with Gasteiger partial charge in [-0.15, -0.1) is 6.58 Å². The molecule has 1 aromatic rings. The molecule has 0 aromatic heterocycles. The van der Waals surface area contributed by atoms with Crippen LogP contribution in [-0.2, 0) is 6.42 Å². The summed E-state index contributed by atoms with van der Waals surface area (Å²) in [5, 5.41) is 9.76. The number of aromatic hydroxyl groups is 1. The second-order valence-electron chi connectivity index (χ2n) is 3.14. The zero-order valence-electron chi connectivity index (χ0n) is 7.83. The monoisotopic (exact) mass is 177 g/mol. The molecular formula is C11H15NO. The second-order valence-corrected chi connectivity index (χ2v) is 3.14. The highest BCUT2D eigenvalue weighted by Gasteiger charge is 2.08. The van der Waals surface area contributed by atoms with E-state index in [0.29, 0.717) is 12.2 Å². The van der Waals surface area contributed by atoms with E-state index in [4.69, 9.17) is 5.73 Å². The van der Waals surface area contributed by atoms with Gasteiger partial charge < -0.3 is 10.8 Å². The molecule has 0 saturated carbocycles. The van der Waals surface area contributed by atoms with Crippen molar-refractivity contribution in [3.8, 4) is 5.75 Å². The quantitative estimate of drug-likeness (QED) is 0.695. The Kier molecular flexibility index (Phi) is 3.09. The van der Waals surface area contributed by atoms with Crippen molar-refractivity contribution in [1.29, 1.82) is 0 Å². The first-order chi connectivity index (χ1) is 6.16. The molecule has 0 saturated heterocycles. The molecule has 0 radical (unpaired) electrons. The molecule has 1 aromatic carbocycles. The van der Waals surface area contributed by atoms with Crippen molar-refractivity contribution in [2.45, 2.75) is 19.4 Å². The van der Waals surface area contributed by atoms with E-state index in [1.165, 1.54) is 0 Å². The SMILES string of the molecule is C=CCc1cccc([C@@H](C)N)c1O. The van der Waals surface area contributed by atoms with Crippen LogP contribution in [0.25, 0.3) is 0 Å². The highest BCUT2D eigenvalue weighted by molar-refractivity contribution is 5.42. The van der Waals surface area contributed by atoms with Crippen molar-refractivity contribution in [3.63, 3.8) is 0 Å². The summed E-state index contributed by atoms with van der Waals surface area (Å²) >= 11 is 0. The largest absolute Gasteiger partial charge is 0.507 e. The minimum atomic E-state index is -0.134. The van der Waals surface area contributed by atoms with Crippen LogP contribution in [0.1, 0.15) is 24.1 Å². The molecule has 0 heterocycles. The molecule has 0 aliphatic heterocycles. The van der Waals surface area contributed by atoms with E-state index in [-0.39, 0.29) is 6.04 Å². The number of hydrogen-bond donors (Lipinski definition) is 2. The third kappa shape index (κ3) is 2.10. The average Bonchev–Trinajstić information content (AvgIpc) is 2.08. The number of phenols is 1. The topological polar surface area (TPSA) is 46.2 Å². The van der Waals surface area contributed by atoms with E-state index in [1.807, 2.05) is 25.1 Å². The fourth-order valence-corrected chi connectivity index (χ4v) is 1.30. The van der Waals surface area contributed by atoms with Crippen molar-refractivity contribution in [1.82, 2.24) is 0 Å².